The Morgan fingerprint density at radius 3 is 2.41 bits per heavy atom. The summed E-state index contributed by atoms with van der Waals surface area (Å²) in [6, 6.07) is 14.9. The van der Waals surface area contributed by atoms with Gasteiger partial charge in [0.25, 0.3) is 0 Å². The van der Waals surface area contributed by atoms with Crippen molar-refractivity contribution in [1.82, 2.24) is 0 Å². The Morgan fingerprint density at radius 2 is 1.70 bits per heavy atom. The first kappa shape index (κ1) is 19.2. The van der Waals surface area contributed by atoms with E-state index in [4.69, 9.17) is 10.5 Å². The highest BCUT2D eigenvalue weighted by atomic mass is 19.4. The lowest BCUT2D eigenvalue weighted by Gasteiger charge is -2.16. The fraction of sp³-hybridized carbons (Fsp3) is 0.273. The Bertz CT molecular complexity index is 950. The molecule has 3 aromatic rings. The zero-order chi connectivity index (χ0) is 19.6. The molecule has 0 bridgehead atoms. The molecule has 142 valence electrons. The maximum atomic E-state index is 13.2. The summed E-state index contributed by atoms with van der Waals surface area (Å²) in [7, 11) is 0. The number of fused-ring (bicyclic) bond motifs is 1. The number of hydrogen-bond acceptors (Lipinski definition) is 2. The van der Waals surface area contributed by atoms with Crippen molar-refractivity contribution >= 4 is 10.8 Å². The van der Waals surface area contributed by atoms with E-state index in [0.717, 1.165) is 23.3 Å². The largest absolute Gasteiger partial charge is 0.493 e. The van der Waals surface area contributed by atoms with E-state index in [-0.39, 0.29) is 18.4 Å². The average molecular weight is 373 g/mol. The van der Waals surface area contributed by atoms with Crippen LogP contribution < -0.4 is 10.5 Å². The van der Waals surface area contributed by atoms with Crippen LogP contribution in [0.5, 0.6) is 5.75 Å². The lowest BCUT2D eigenvalue weighted by molar-refractivity contribution is -0.137. The fourth-order valence-electron chi connectivity index (χ4n) is 3.02. The second kappa shape index (κ2) is 7.61. The molecule has 27 heavy (non-hydrogen) atoms. The highest BCUT2D eigenvalue weighted by Gasteiger charge is 2.31. The SMILES string of the molecule is Cc1ccc(C(N)CCOc2cc(C(F)(F)F)cc3ccccc23)cc1C. The molecule has 2 nitrogen and oxygen atoms in total. The normalized spacial score (nSPS) is 13.0. The Balaban J connectivity index is 1.77. The Morgan fingerprint density at radius 1 is 0.963 bits per heavy atom. The number of benzene rings is 3. The number of alkyl halides is 3. The molecule has 0 aliphatic carbocycles. The van der Waals surface area contributed by atoms with E-state index in [1.165, 1.54) is 5.56 Å². The number of aryl methyl sites for hydroxylation is 2. The quantitative estimate of drug-likeness (QED) is 0.600. The predicted molar refractivity (Wildman–Crippen MR) is 102 cm³/mol. The van der Waals surface area contributed by atoms with Crippen molar-refractivity contribution in [3.63, 3.8) is 0 Å². The summed E-state index contributed by atoms with van der Waals surface area (Å²) in [5, 5.41) is 1.16. The van der Waals surface area contributed by atoms with Gasteiger partial charge in [-0.3, -0.25) is 0 Å². The Hall–Kier alpha value is -2.53. The molecule has 0 aromatic heterocycles. The van der Waals surface area contributed by atoms with E-state index in [2.05, 4.69) is 0 Å². The molecule has 5 heteroatoms. The van der Waals surface area contributed by atoms with Gasteiger partial charge in [-0.05, 0) is 48.1 Å². The molecule has 1 unspecified atom stereocenters. The van der Waals surface area contributed by atoms with Crippen LogP contribution in [0.25, 0.3) is 10.8 Å². The molecule has 0 saturated carbocycles. The van der Waals surface area contributed by atoms with Crippen LogP contribution in [0, 0.1) is 13.8 Å². The molecule has 0 heterocycles. The maximum Gasteiger partial charge on any atom is 0.416 e. The second-order valence-corrected chi connectivity index (χ2v) is 6.78. The number of ether oxygens (including phenoxy) is 1. The molecular formula is C22H22F3NO. The maximum absolute atomic E-state index is 13.2. The lowest BCUT2D eigenvalue weighted by atomic mass is 10.00. The minimum Gasteiger partial charge on any atom is -0.493 e. The molecule has 0 saturated heterocycles. The Labute approximate surface area is 156 Å². The van der Waals surface area contributed by atoms with Crippen LogP contribution >= 0.6 is 0 Å². The van der Waals surface area contributed by atoms with E-state index < -0.39 is 11.7 Å². The van der Waals surface area contributed by atoms with Crippen molar-refractivity contribution in [3.05, 3.63) is 76.9 Å². The van der Waals surface area contributed by atoms with Gasteiger partial charge in [0.15, 0.2) is 0 Å². The summed E-state index contributed by atoms with van der Waals surface area (Å²) in [4.78, 5) is 0. The summed E-state index contributed by atoms with van der Waals surface area (Å²) >= 11 is 0. The minimum atomic E-state index is -4.42. The molecule has 0 spiro atoms. The van der Waals surface area contributed by atoms with Crippen LogP contribution in [-0.2, 0) is 6.18 Å². The molecule has 0 aliphatic heterocycles. The molecule has 3 rings (SSSR count). The van der Waals surface area contributed by atoms with Crippen LogP contribution in [0.2, 0.25) is 0 Å². The zero-order valence-electron chi connectivity index (χ0n) is 15.3. The van der Waals surface area contributed by atoms with Gasteiger partial charge in [-0.1, -0.05) is 42.5 Å². The summed E-state index contributed by atoms with van der Waals surface area (Å²) in [5.41, 5.74) is 8.86. The fourth-order valence-corrected chi connectivity index (χ4v) is 3.02. The average Bonchev–Trinajstić information content (AvgIpc) is 2.63. The third-order valence-electron chi connectivity index (χ3n) is 4.80. The van der Waals surface area contributed by atoms with Crippen molar-refractivity contribution in [1.29, 1.82) is 0 Å². The molecule has 1 atom stereocenters. The van der Waals surface area contributed by atoms with Crippen molar-refractivity contribution in [2.24, 2.45) is 5.73 Å². The monoisotopic (exact) mass is 373 g/mol. The number of halogens is 3. The molecule has 3 aromatic carbocycles. The van der Waals surface area contributed by atoms with Gasteiger partial charge in [-0.15, -0.1) is 0 Å². The third kappa shape index (κ3) is 4.42. The van der Waals surface area contributed by atoms with E-state index in [9.17, 15) is 13.2 Å². The first-order valence-corrected chi connectivity index (χ1v) is 8.81. The molecule has 0 radical (unpaired) electrons. The number of nitrogens with two attached hydrogens (primary N) is 1. The van der Waals surface area contributed by atoms with Crippen LogP contribution in [-0.4, -0.2) is 6.61 Å². The van der Waals surface area contributed by atoms with E-state index in [0.29, 0.717) is 17.2 Å². The van der Waals surface area contributed by atoms with Gasteiger partial charge < -0.3 is 10.5 Å². The van der Waals surface area contributed by atoms with Gasteiger partial charge in [0.2, 0.25) is 0 Å². The number of rotatable bonds is 5. The summed E-state index contributed by atoms with van der Waals surface area (Å²) in [6.45, 7) is 4.29. The van der Waals surface area contributed by atoms with Gasteiger partial charge in [-0.25, -0.2) is 0 Å². The molecule has 0 fully saturated rings. The van der Waals surface area contributed by atoms with Crippen LogP contribution in [0.15, 0.2) is 54.6 Å². The zero-order valence-corrected chi connectivity index (χ0v) is 15.3. The Kier molecular flexibility index (Phi) is 5.42. The van der Waals surface area contributed by atoms with Gasteiger partial charge in [0.1, 0.15) is 5.75 Å². The first-order valence-electron chi connectivity index (χ1n) is 8.81. The minimum absolute atomic E-state index is 0.229. The van der Waals surface area contributed by atoms with Gasteiger partial charge in [0.05, 0.1) is 12.2 Å². The summed E-state index contributed by atoms with van der Waals surface area (Å²) < 4.78 is 45.2. The van der Waals surface area contributed by atoms with Gasteiger partial charge >= 0.3 is 6.18 Å². The van der Waals surface area contributed by atoms with Gasteiger partial charge in [-0.2, -0.15) is 13.2 Å². The summed E-state index contributed by atoms with van der Waals surface area (Å²) in [5.74, 6) is 0.229. The number of hydrogen-bond donors (Lipinski definition) is 1. The smallest absolute Gasteiger partial charge is 0.416 e. The molecule has 0 aliphatic rings. The van der Waals surface area contributed by atoms with Crippen molar-refractivity contribution in [3.8, 4) is 5.75 Å². The van der Waals surface area contributed by atoms with E-state index in [1.807, 2.05) is 32.0 Å². The van der Waals surface area contributed by atoms with Crippen molar-refractivity contribution < 1.29 is 17.9 Å². The lowest BCUT2D eigenvalue weighted by Crippen LogP contribution is -2.15. The first-order chi connectivity index (χ1) is 12.8. The predicted octanol–water partition coefficient (Wildman–Crippen LogP) is 5.94. The van der Waals surface area contributed by atoms with Crippen molar-refractivity contribution in [2.75, 3.05) is 6.61 Å². The standard InChI is InChI=1S/C22H22F3NO/c1-14-7-8-17(11-15(14)2)20(26)9-10-27-21-13-18(22(23,24)25)12-16-5-3-4-6-19(16)21/h3-8,11-13,20H,9-10,26H2,1-2H3. The second-order valence-electron chi connectivity index (χ2n) is 6.78. The van der Waals surface area contributed by atoms with E-state index >= 15 is 0 Å². The van der Waals surface area contributed by atoms with Crippen molar-refractivity contribution in [2.45, 2.75) is 32.5 Å². The molecule has 0 amide bonds. The van der Waals surface area contributed by atoms with Gasteiger partial charge in [0, 0.05) is 17.8 Å². The van der Waals surface area contributed by atoms with Crippen LogP contribution in [0.4, 0.5) is 13.2 Å². The van der Waals surface area contributed by atoms with Crippen LogP contribution in [0.3, 0.4) is 0 Å². The van der Waals surface area contributed by atoms with E-state index in [1.54, 1.807) is 24.3 Å². The molecule has 2 N–H and O–H groups in total. The van der Waals surface area contributed by atoms with Crippen LogP contribution in [0.1, 0.15) is 34.7 Å². The highest BCUT2D eigenvalue weighted by Crippen LogP contribution is 2.36. The molecular weight excluding hydrogens is 351 g/mol. The topological polar surface area (TPSA) is 35.2 Å². The third-order valence-corrected chi connectivity index (χ3v) is 4.80. The summed E-state index contributed by atoms with van der Waals surface area (Å²) in [6.07, 6.45) is -3.91. The highest BCUT2D eigenvalue weighted by molar-refractivity contribution is 5.89.